The summed E-state index contributed by atoms with van der Waals surface area (Å²) in [5, 5.41) is 2.78. The minimum Gasteiger partial charge on any atom is -0.495 e. The van der Waals surface area contributed by atoms with Gasteiger partial charge in [0, 0.05) is 12.6 Å². The summed E-state index contributed by atoms with van der Waals surface area (Å²) in [5.74, 6) is 0.309. The van der Waals surface area contributed by atoms with E-state index < -0.39 is 15.9 Å². The van der Waals surface area contributed by atoms with Crippen molar-refractivity contribution >= 4 is 21.6 Å². The van der Waals surface area contributed by atoms with E-state index in [9.17, 15) is 13.2 Å². The number of pyridine rings is 1. The van der Waals surface area contributed by atoms with Gasteiger partial charge in [0.15, 0.2) is 0 Å². The van der Waals surface area contributed by atoms with Gasteiger partial charge in [0.1, 0.15) is 10.6 Å². The van der Waals surface area contributed by atoms with E-state index in [-0.39, 0.29) is 16.1 Å². The summed E-state index contributed by atoms with van der Waals surface area (Å²) < 4.78 is 33.0. The van der Waals surface area contributed by atoms with Crippen LogP contribution in [0, 0.1) is 5.92 Å². The van der Waals surface area contributed by atoms with Crippen molar-refractivity contribution in [3.63, 3.8) is 0 Å². The molecule has 140 valence electrons. The first kappa shape index (κ1) is 19.7. The normalized spacial score (nSPS) is 12.3. The van der Waals surface area contributed by atoms with Crippen LogP contribution in [0.2, 0.25) is 0 Å². The van der Waals surface area contributed by atoms with Gasteiger partial charge < -0.3 is 10.1 Å². The van der Waals surface area contributed by atoms with Gasteiger partial charge >= 0.3 is 0 Å². The molecule has 0 unspecified atom stereocenters. The van der Waals surface area contributed by atoms with Gasteiger partial charge in [-0.15, -0.1) is 0 Å². The molecule has 1 atom stereocenters. The van der Waals surface area contributed by atoms with Gasteiger partial charge in [0.2, 0.25) is 0 Å². The first-order valence-corrected chi connectivity index (χ1v) is 9.74. The second-order valence-electron chi connectivity index (χ2n) is 5.94. The Balaban J connectivity index is 2.27. The second-order valence-corrected chi connectivity index (χ2v) is 7.59. The molecule has 0 radical (unpaired) electrons. The average Bonchev–Trinajstić information content (AvgIpc) is 2.65. The van der Waals surface area contributed by atoms with Crippen LogP contribution in [-0.4, -0.2) is 33.0 Å². The number of benzene rings is 1. The molecule has 1 amide bonds. The van der Waals surface area contributed by atoms with Gasteiger partial charge in [0.05, 0.1) is 30.8 Å². The quantitative estimate of drug-likeness (QED) is 0.737. The number of hydrogen-bond donors (Lipinski definition) is 2. The predicted molar refractivity (Wildman–Crippen MR) is 99.8 cm³/mol. The molecule has 2 rings (SSSR count). The van der Waals surface area contributed by atoms with E-state index in [2.05, 4.69) is 15.0 Å². The van der Waals surface area contributed by atoms with Crippen molar-refractivity contribution in [1.82, 2.24) is 10.3 Å². The number of sulfonamides is 1. The fraction of sp³-hybridized carbons (Fsp3) is 0.333. The number of nitrogens with one attached hydrogen (secondary N) is 2. The number of aromatic nitrogens is 1. The largest absolute Gasteiger partial charge is 0.495 e. The van der Waals surface area contributed by atoms with Crippen LogP contribution >= 0.6 is 0 Å². The summed E-state index contributed by atoms with van der Waals surface area (Å²) in [5.41, 5.74) is 0.346. The monoisotopic (exact) mass is 377 g/mol. The highest BCUT2D eigenvalue weighted by Gasteiger charge is 2.22. The summed E-state index contributed by atoms with van der Waals surface area (Å²) in [6.45, 7) is 4.53. The van der Waals surface area contributed by atoms with E-state index in [1.54, 1.807) is 12.1 Å². The lowest BCUT2D eigenvalue weighted by Crippen LogP contribution is -2.30. The first-order chi connectivity index (χ1) is 12.4. The number of nitrogens with zero attached hydrogens (tertiary/aromatic N) is 1. The van der Waals surface area contributed by atoms with Crippen LogP contribution in [0.1, 0.15) is 30.6 Å². The van der Waals surface area contributed by atoms with Gasteiger partial charge in [-0.3, -0.25) is 14.5 Å². The number of carbonyl (C=O) groups excluding carboxylic acids is 1. The highest BCUT2D eigenvalue weighted by atomic mass is 32.2. The number of anilines is 1. The highest BCUT2D eigenvalue weighted by molar-refractivity contribution is 7.92. The van der Waals surface area contributed by atoms with Crippen LogP contribution < -0.4 is 14.8 Å². The maximum Gasteiger partial charge on any atom is 0.262 e. The van der Waals surface area contributed by atoms with Crippen molar-refractivity contribution in [2.75, 3.05) is 18.4 Å². The van der Waals surface area contributed by atoms with Crippen molar-refractivity contribution in [1.29, 1.82) is 0 Å². The average molecular weight is 377 g/mol. The van der Waals surface area contributed by atoms with Gasteiger partial charge in [-0.05, 0) is 18.1 Å². The molecule has 2 aromatic rings. The van der Waals surface area contributed by atoms with Crippen molar-refractivity contribution in [3.8, 4) is 5.75 Å². The Morgan fingerprint density at radius 3 is 2.69 bits per heavy atom. The third kappa shape index (κ3) is 4.95. The summed E-state index contributed by atoms with van der Waals surface area (Å²) in [4.78, 5) is 16.3. The van der Waals surface area contributed by atoms with E-state index in [0.717, 1.165) is 6.42 Å². The van der Waals surface area contributed by atoms with Crippen molar-refractivity contribution < 1.29 is 17.9 Å². The molecular formula is C18H23N3O4S. The zero-order valence-electron chi connectivity index (χ0n) is 15.0. The fourth-order valence-electron chi connectivity index (χ4n) is 2.19. The Hall–Kier alpha value is -2.61. The minimum absolute atomic E-state index is 0.0931. The van der Waals surface area contributed by atoms with Gasteiger partial charge in [-0.25, -0.2) is 8.42 Å². The lowest BCUT2D eigenvalue weighted by atomic mass is 10.1. The molecule has 0 aliphatic rings. The maximum atomic E-state index is 12.8. The second kappa shape index (κ2) is 8.66. The van der Waals surface area contributed by atoms with Gasteiger partial charge in [-0.2, -0.15) is 0 Å². The molecular weight excluding hydrogens is 354 g/mol. The number of methoxy groups -OCH3 is 1. The van der Waals surface area contributed by atoms with Crippen molar-refractivity contribution in [3.05, 3.63) is 48.3 Å². The lowest BCUT2D eigenvalue weighted by Gasteiger charge is -2.14. The first-order valence-electron chi connectivity index (χ1n) is 8.26. The standard InChI is InChI=1S/C18H23N3O4S/c1-4-13(2)10-20-18(22)16-7-5-6-8-17(16)26(23,24)21-14-9-15(25-3)12-19-11-14/h5-9,11-13,21H,4,10H2,1-3H3,(H,20,22)/t13-/m0/s1. The van der Waals surface area contributed by atoms with E-state index in [1.807, 2.05) is 13.8 Å². The van der Waals surface area contributed by atoms with Crippen LogP contribution in [0.5, 0.6) is 5.75 Å². The van der Waals surface area contributed by atoms with Crippen LogP contribution in [0.15, 0.2) is 47.6 Å². The number of rotatable bonds is 8. The molecule has 0 bridgehead atoms. The Bertz CT molecular complexity index is 868. The molecule has 0 aliphatic heterocycles. The third-order valence-corrected chi connectivity index (χ3v) is 5.37. The van der Waals surface area contributed by atoms with Crippen LogP contribution in [0.3, 0.4) is 0 Å². The predicted octanol–water partition coefficient (Wildman–Crippen LogP) is 2.67. The number of amides is 1. The topological polar surface area (TPSA) is 97.4 Å². The molecule has 1 aromatic heterocycles. The number of carbonyl (C=O) groups is 1. The summed E-state index contributed by atoms with van der Waals surface area (Å²) in [6, 6.07) is 7.60. The SMILES string of the molecule is CC[C@H](C)CNC(=O)c1ccccc1S(=O)(=O)Nc1cncc(OC)c1. The van der Waals surface area contributed by atoms with E-state index in [1.165, 1.54) is 37.7 Å². The molecule has 2 N–H and O–H groups in total. The summed E-state index contributed by atoms with van der Waals surface area (Å²) in [7, 11) is -2.50. The molecule has 7 nitrogen and oxygen atoms in total. The van der Waals surface area contributed by atoms with Crippen LogP contribution in [0.4, 0.5) is 5.69 Å². The zero-order valence-corrected chi connectivity index (χ0v) is 15.8. The maximum absolute atomic E-state index is 12.8. The molecule has 1 aromatic carbocycles. The number of ether oxygens (including phenoxy) is 1. The Morgan fingerprint density at radius 2 is 2.00 bits per heavy atom. The molecule has 0 fully saturated rings. The minimum atomic E-state index is -3.96. The Morgan fingerprint density at radius 1 is 1.27 bits per heavy atom. The zero-order chi connectivity index (χ0) is 19.2. The molecule has 0 saturated heterocycles. The summed E-state index contributed by atoms with van der Waals surface area (Å²) >= 11 is 0. The smallest absolute Gasteiger partial charge is 0.262 e. The molecule has 0 aliphatic carbocycles. The van der Waals surface area contributed by atoms with E-state index in [0.29, 0.717) is 18.2 Å². The molecule has 0 spiro atoms. The highest BCUT2D eigenvalue weighted by Crippen LogP contribution is 2.21. The fourth-order valence-corrected chi connectivity index (χ4v) is 3.43. The van der Waals surface area contributed by atoms with Crippen molar-refractivity contribution in [2.24, 2.45) is 5.92 Å². The molecule has 1 heterocycles. The van der Waals surface area contributed by atoms with Crippen LogP contribution in [0.25, 0.3) is 0 Å². The molecule has 0 saturated carbocycles. The van der Waals surface area contributed by atoms with Crippen LogP contribution in [-0.2, 0) is 10.0 Å². The van der Waals surface area contributed by atoms with Crippen molar-refractivity contribution in [2.45, 2.75) is 25.2 Å². The Kier molecular flexibility index (Phi) is 6.57. The van der Waals surface area contributed by atoms with Gasteiger partial charge in [-0.1, -0.05) is 32.4 Å². The van der Waals surface area contributed by atoms with Gasteiger partial charge in [0.25, 0.3) is 15.9 Å². The summed E-state index contributed by atoms with van der Waals surface area (Å²) in [6.07, 6.45) is 3.75. The lowest BCUT2D eigenvalue weighted by molar-refractivity contribution is 0.0944. The third-order valence-electron chi connectivity index (χ3n) is 3.93. The number of hydrogen-bond acceptors (Lipinski definition) is 5. The van der Waals surface area contributed by atoms with E-state index in [4.69, 9.17) is 4.74 Å². The Labute approximate surface area is 153 Å². The molecule has 8 heteroatoms. The molecule has 26 heavy (non-hydrogen) atoms. The van der Waals surface area contributed by atoms with E-state index >= 15 is 0 Å².